The third-order valence-corrected chi connectivity index (χ3v) is 5.39. The number of rotatable bonds is 12. The van der Waals surface area contributed by atoms with Crippen LogP contribution in [0, 0.1) is 24.4 Å². The summed E-state index contributed by atoms with van der Waals surface area (Å²) < 4.78 is 50.7. The van der Waals surface area contributed by atoms with Crippen molar-refractivity contribution in [2.45, 2.75) is 45.0 Å². The molecule has 35 heavy (non-hydrogen) atoms. The van der Waals surface area contributed by atoms with E-state index < -0.39 is 72.0 Å². The van der Waals surface area contributed by atoms with Gasteiger partial charge >= 0.3 is 12.0 Å². The Balaban J connectivity index is 1.97. The van der Waals surface area contributed by atoms with Gasteiger partial charge < -0.3 is 31.1 Å². The number of benzene rings is 1. The number of anilines is 1. The summed E-state index contributed by atoms with van der Waals surface area (Å²) in [6.07, 6.45) is -3.07. The van der Waals surface area contributed by atoms with E-state index in [0.29, 0.717) is 11.5 Å². The molecule has 192 valence electrons. The summed E-state index contributed by atoms with van der Waals surface area (Å²) in [5.74, 6) is -6.48. The van der Waals surface area contributed by atoms with Gasteiger partial charge in [0.25, 0.3) is 5.91 Å². The number of ether oxygens (including phenoxy) is 1. The van der Waals surface area contributed by atoms with E-state index in [4.69, 9.17) is 15.6 Å². The molecule has 0 aliphatic carbocycles. The molecule has 2 rings (SSSR count). The molecule has 0 spiro atoms. The number of carboxylic acid groups (broad SMARTS) is 1. The van der Waals surface area contributed by atoms with E-state index in [-0.39, 0.29) is 35.5 Å². The van der Waals surface area contributed by atoms with Gasteiger partial charge in [-0.1, -0.05) is 0 Å². The molecule has 0 fully saturated rings. The summed E-state index contributed by atoms with van der Waals surface area (Å²) in [5.41, 5.74) is 3.95. The zero-order valence-electron chi connectivity index (χ0n) is 18.3. The van der Waals surface area contributed by atoms with Crippen LogP contribution in [0.4, 0.5) is 23.0 Å². The van der Waals surface area contributed by atoms with Crippen LogP contribution < -0.4 is 21.1 Å². The van der Waals surface area contributed by atoms with Gasteiger partial charge in [-0.25, -0.2) is 18.0 Å². The van der Waals surface area contributed by atoms with Crippen molar-refractivity contribution in [1.29, 1.82) is 0 Å². The lowest BCUT2D eigenvalue weighted by Gasteiger charge is -2.14. The van der Waals surface area contributed by atoms with Gasteiger partial charge in [0.1, 0.15) is 23.0 Å². The maximum absolute atomic E-state index is 14.0. The SMILES string of the molecule is Cc1cc(F)c(COc2nsc(NC(=O)NCCC(O)CC(O)CC(=O)O)c2C(N)=O)c(F)c1F. The maximum Gasteiger partial charge on any atom is 0.319 e. The maximum atomic E-state index is 14.0. The Morgan fingerprint density at radius 1 is 1.20 bits per heavy atom. The first kappa shape index (κ1) is 27.8. The van der Waals surface area contributed by atoms with Crippen molar-refractivity contribution in [2.75, 3.05) is 11.9 Å². The van der Waals surface area contributed by atoms with Gasteiger partial charge in [-0.05, 0) is 42.9 Å². The number of hydrogen-bond acceptors (Lipinski definition) is 8. The van der Waals surface area contributed by atoms with E-state index in [1.807, 2.05) is 0 Å². The molecule has 2 atom stereocenters. The summed E-state index contributed by atoms with van der Waals surface area (Å²) in [6, 6.07) is -0.0347. The Hall–Kier alpha value is -3.43. The monoisotopic (exact) mass is 520 g/mol. The van der Waals surface area contributed by atoms with Crippen LogP contribution in [-0.2, 0) is 11.4 Å². The lowest BCUT2D eigenvalue weighted by atomic mass is 10.1. The highest BCUT2D eigenvalue weighted by Gasteiger charge is 2.24. The predicted molar refractivity (Wildman–Crippen MR) is 117 cm³/mol. The molecular weight excluding hydrogens is 497 g/mol. The van der Waals surface area contributed by atoms with Gasteiger partial charge in [0.15, 0.2) is 11.6 Å². The first-order valence-corrected chi connectivity index (χ1v) is 10.9. The number of aliphatic carboxylic acids is 1. The standard InChI is InChI=1S/C20H23F3N4O7S/c1-8-4-12(21)11(16(23)15(8)22)7-34-18-14(17(24)32)19(35-27-18)26-20(33)25-3-2-9(28)5-10(29)6-13(30)31/h4,9-10,28-29H,2-3,5-7H2,1H3,(H2,24,32)(H,30,31)(H2,25,26,33). The molecule has 0 aliphatic rings. The number of urea groups is 1. The molecule has 0 bridgehead atoms. The van der Waals surface area contributed by atoms with Gasteiger partial charge in [0.2, 0.25) is 5.88 Å². The van der Waals surface area contributed by atoms with Crippen LogP contribution in [-0.4, -0.2) is 56.4 Å². The summed E-state index contributed by atoms with van der Waals surface area (Å²) in [5, 5.41) is 32.4. The second kappa shape index (κ2) is 12.3. The van der Waals surface area contributed by atoms with E-state index in [9.17, 15) is 37.8 Å². The summed E-state index contributed by atoms with van der Waals surface area (Å²) >= 11 is 0.588. The van der Waals surface area contributed by atoms with Crippen LogP contribution >= 0.6 is 11.5 Å². The normalized spacial score (nSPS) is 12.6. The van der Waals surface area contributed by atoms with E-state index in [2.05, 4.69) is 15.0 Å². The molecule has 7 N–H and O–H groups in total. The van der Waals surface area contributed by atoms with E-state index in [1.54, 1.807) is 0 Å². The average Bonchev–Trinajstić information content (AvgIpc) is 3.13. The molecule has 15 heteroatoms. The number of hydrogen-bond donors (Lipinski definition) is 6. The molecule has 3 amide bonds. The number of nitrogens with one attached hydrogen (secondary N) is 2. The fourth-order valence-corrected chi connectivity index (χ4v) is 3.65. The highest BCUT2D eigenvalue weighted by atomic mass is 32.1. The molecule has 2 unspecified atom stereocenters. The fraction of sp³-hybridized carbons (Fsp3) is 0.400. The summed E-state index contributed by atoms with van der Waals surface area (Å²) in [6.45, 7) is 0.304. The lowest BCUT2D eigenvalue weighted by Crippen LogP contribution is -2.32. The molecule has 11 nitrogen and oxygen atoms in total. The quantitative estimate of drug-likeness (QED) is 0.228. The lowest BCUT2D eigenvalue weighted by molar-refractivity contribution is -0.139. The van der Waals surface area contributed by atoms with Crippen molar-refractivity contribution < 1.29 is 47.6 Å². The molecule has 0 aliphatic heterocycles. The smallest absolute Gasteiger partial charge is 0.319 e. The number of carbonyl (C=O) groups is 3. The van der Waals surface area contributed by atoms with Crippen LogP contribution in [0.15, 0.2) is 6.07 Å². The van der Waals surface area contributed by atoms with Crippen molar-refractivity contribution in [3.63, 3.8) is 0 Å². The molecule has 0 saturated carbocycles. The van der Waals surface area contributed by atoms with Crippen LogP contribution in [0.1, 0.15) is 40.7 Å². The Labute approximate surface area is 200 Å². The summed E-state index contributed by atoms with van der Waals surface area (Å²) in [4.78, 5) is 34.5. The Morgan fingerprint density at radius 3 is 2.51 bits per heavy atom. The second-order valence-electron chi connectivity index (χ2n) is 7.44. The first-order valence-electron chi connectivity index (χ1n) is 10.1. The Kier molecular flexibility index (Phi) is 9.79. The number of aryl methyl sites for hydroxylation is 1. The molecule has 0 saturated heterocycles. The van der Waals surface area contributed by atoms with E-state index >= 15 is 0 Å². The molecule has 1 aromatic carbocycles. The van der Waals surface area contributed by atoms with Crippen LogP contribution in [0.5, 0.6) is 5.88 Å². The number of nitrogens with zero attached hydrogens (tertiary/aromatic N) is 1. The summed E-state index contributed by atoms with van der Waals surface area (Å²) in [7, 11) is 0. The minimum Gasteiger partial charge on any atom is -0.481 e. The molecule has 1 aromatic heterocycles. The van der Waals surface area contributed by atoms with E-state index in [1.165, 1.54) is 6.92 Å². The number of carboxylic acids is 1. The fourth-order valence-electron chi connectivity index (χ4n) is 2.92. The average molecular weight is 520 g/mol. The molecule has 0 radical (unpaired) electrons. The Morgan fingerprint density at radius 2 is 1.89 bits per heavy atom. The number of aromatic nitrogens is 1. The van der Waals surface area contributed by atoms with Crippen molar-refractivity contribution in [2.24, 2.45) is 5.73 Å². The van der Waals surface area contributed by atoms with Gasteiger partial charge in [0, 0.05) is 6.54 Å². The van der Waals surface area contributed by atoms with Crippen molar-refractivity contribution in [3.05, 3.63) is 40.2 Å². The highest BCUT2D eigenvalue weighted by molar-refractivity contribution is 7.11. The third kappa shape index (κ3) is 7.80. The molecule has 2 aromatic rings. The third-order valence-electron chi connectivity index (χ3n) is 4.64. The molecular formula is C20H23F3N4O7S. The predicted octanol–water partition coefficient (Wildman–Crippen LogP) is 1.64. The van der Waals surface area contributed by atoms with Crippen molar-refractivity contribution in [1.82, 2.24) is 9.69 Å². The topological polar surface area (TPSA) is 184 Å². The number of primary amides is 1. The molecule has 1 heterocycles. The zero-order chi connectivity index (χ0) is 26.3. The number of nitrogens with two attached hydrogens (primary N) is 1. The van der Waals surface area contributed by atoms with Crippen molar-refractivity contribution in [3.8, 4) is 5.88 Å². The van der Waals surface area contributed by atoms with Gasteiger partial charge in [0.05, 0.1) is 24.2 Å². The van der Waals surface area contributed by atoms with Gasteiger partial charge in [-0.15, -0.1) is 0 Å². The highest BCUT2D eigenvalue weighted by Crippen LogP contribution is 2.31. The van der Waals surface area contributed by atoms with Crippen LogP contribution in [0.3, 0.4) is 0 Å². The van der Waals surface area contributed by atoms with Gasteiger partial charge in [-0.2, -0.15) is 4.37 Å². The number of amides is 3. The Bertz CT molecular complexity index is 1100. The first-order chi connectivity index (χ1) is 16.4. The minimum absolute atomic E-state index is 0.00589. The number of halogens is 3. The largest absolute Gasteiger partial charge is 0.481 e. The van der Waals surface area contributed by atoms with Gasteiger partial charge in [-0.3, -0.25) is 14.9 Å². The van der Waals surface area contributed by atoms with Crippen molar-refractivity contribution >= 4 is 34.4 Å². The number of aliphatic hydroxyl groups excluding tert-OH is 2. The van der Waals surface area contributed by atoms with Crippen LogP contribution in [0.25, 0.3) is 0 Å². The number of aliphatic hydroxyl groups is 2. The minimum atomic E-state index is -1.45. The van der Waals surface area contributed by atoms with Crippen LogP contribution in [0.2, 0.25) is 0 Å². The van der Waals surface area contributed by atoms with E-state index in [0.717, 1.165) is 6.07 Å². The number of carbonyl (C=O) groups excluding carboxylic acids is 2. The zero-order valence-corrected chi connectivity index (χ0v) is 19.1. The second-order valence-corrected chi connectivity index (χ2v) is 8.21.